The Balaban J connectivity index is 2.73. The van der Waals surface area contributed by atoms with E-state index in [-0.39, 0.29) is 12.8 Å². The molecular formula is C12H14F3NO. The lowest BCUT2D eigenvalue weighted by Crippen LogP contribution is -2.21. The summed E-state index contributed by atoms with van der Waals surface area (Å²) in [5.74, 6) is -2.00. The van der Waals surface area contributed by atoms with Crippen molar-refractivity contribution >= 4 is 5.91 Å². The van der Waals surface area contributed by atoms with Crippen molar-refractivity contribution in [1.82, 2.24) is 0 Å². The highest BCUT2D eigenvalue weighted by molar-refractivity contribution is 5.94. The molecule has 0 fully saturated rings. The van der Waals surface area contributed by atoms with Crippen LogP contribution in [0, 0.1) is 5.92 Å². The van der Waals surface area contributed by atoms with Crippen LogP contribution in [0.15, 0.2) is 24.3 Å². The summed E-state index contributed by atoms with van der Waals surface area (Å²) in [4.78, 5) is 11.1. The molecule has 0 saturated carbocycles. The topological polar surface area (TPSA) is 43.1 Å². The minimum atomic E-state index is -4.19. The first-order chi connectivity index (χ1) is 7.82. The van der Waals surface area contributed by atoms with Gasteiger partial charge in [-0.05, 0) is 24.5 Å². The van der Waals surface area contributed by atoms with Gasteiger partial charge < -0.3 is 5.73 Å². The molecule has 0 spiro atoms. The molecular weight excluding hydrogens is 231 g/mol. The van der Waals surface area contributed by atoms with Crippen LogP contribution in [0.25, 0.3) is 0 Å². The molecule has 2 nitrogen and oxygen atoms in total. The van der Waals surface area contributed by atoms with Crippen LogP contribution < -0.4 is 5.73 Å². The fourth-order valence-corrected chi connectivity index (χ4v) is 1.51. The van der Waals surface area contributed by atoms with Gasteiger partial charge in [-0.3, -0.25) is 4.79 Å². The van der Waals surface area contributed by atoms with Crippen molar-refractivity contribution in [1.29, 1.82) is 0 Å². The molecule has 94 valence electrons. The van der Waals surface area contributed by atoms with E-state index in [0.717, 1.165) is 6.92 Å². The average Bonchev–Trinajstić information content (AvgIpc) is 2.24. The zero-order chi connectivity index (χ0) is 13.1. The predicted molar refractivity (Wildman–Crippen MR) is 58.5 cm³/mol. The number of alkyl halides is 3. The Morgan fingerprint density at radius 2 is 1.94 bits per heavy atom. The lowest BCUT2D eigenvalue weighted by atomic mass is 9.97. The molecule has 0 aliphatic heterocycles. The number of amides is 1. The van der Waals surface area contributed by atoms with Crippen LogP contribution >= 0.6 is 0 Å². The van der Waals surface area contributed by atoms with E-state index in [9.17, 15) is 18.0 Å². The zero-order valence-electron chi connectivity index (χ0n) is 9.42. The monoisotopic (exact) mass is 245 g/mol. The van der Waals surface area contributed by atoms with Crippen molar-refractivity contribution in [3.8, 4) is 0 Å². The summed E-state index contributed by atoms with van der Waals surface area (Å²) < 4.78 is 37.0. The van der Waals surface area contributed by atoms with Gasteiger partial charge in [0.05, 0.1) is 5.92 Å². The molecule has 17 heavy (non-hydrogen) atoms. The van der Waals surface area contributed by atoms with Crippen LogP contribution in [0.5, 0.6) is 0 Å². The number of nitrogens with two attached hydrogens (primary N) is 1. The Hall–Kier alpha value is -1.52. The maximum atomic E-state index is 12.3. The number of hydrogen-bond acceptors (Lipinski definition) is 1. The van der Waals surface area contributed by atoms with Crippen molar-refractivity contribution in [2.75, 3.05) is 0 Å². The minimum Gasteiger partial charge on any atom is -0.366 e. The number of primary amides is 1. The summed E-state index contributed by atoms with van der Waals surface area (Å²) in [7, 11) is 0. The maximum Gasteiger partial charge on any atom is 0.391 e. The second-order valence-corrected chi connectivity index (χ2v) is 4.00. The van der Waals surface area contributed by atoms with Crippen molar-refractivity contribution < 1.29 is 18.0 Å². The van der Waals surface area contributed by atoms with Crippen LogP contribution in [0.4, 0.5) is 13.2 Å². The van der Waals surface area contributed by atoms with Gasteiger partial charge in [0.2, 0.25) is 5.91 Å². The van der Waals surface area contributed by atoms with Crippen LogP contribution in [-0.2, 0) is 6.42 Å². The molecule has 1 aromatic carbocycles. The van der Waals surface area contributed by atoms with Crippen LogP contribution in [0.3, 0.4) is 0 Å². The molecule has 0 bridgehead atoms. The van der Waals surface area contributed by atoms with Gasteiger partial charge in [-0.15, -0.1) is 0 Å². The second kappa shape index (κ2) is 5.21. The van der Waals surface area contributed by atoms with Crippen molar-refractivity contribution in [2.24, 2.45) is 11.7 Å². The first-order valence-corrected chi connectivity index (χ1v) is 5.26. The summed E-state index contributed by atoms with van der Waals surface area (Å²) in [5.41, 5.74) is 6.00. The van der Waals surface area contributed by atoms with Crippen molar-refractivity contribution in [3.05, 3.63) is 35.4 Å². The minimum absolute atomic E-state index is 0.0478. The third kappa shape index (κ3) is 3.76. The Morgan fingerprint density at radius 1 is 1.35 bits per heavy atom. The van der Waals surface area contributed by atoms with Crippen LogP contribution in [-0.4, -0.2) is 12.1 Å². The van der Waals surface area contributed by atoms with E-state index in [1.807, 2.05) is 0 Å². The number of hydrogen-bond donors (Lipinski definition) is 1. The smallest absolute Gasteiger partial charge is 0.366 e. The third-order valence-electron chi connectivity index (χ3n) is 2.69. The molecule has 0 aromatic heterocycles. The zero-order valence-corrected chi connectivity index (χ0v) is 9.42. The Bertz CT molecular complexity index is 401. The summed E-state index contributed by atoms with van der Waals surface area (Å²) >= 11 is 0. The number of carbonyl (C=O) groups is 1. The van der Waals surface area contributed by atoms with Gasteiger partial charge in [0.1, 0.15) is 0 Å². The van der Waals surface area contributed by atoms with E-state index in [4.69, 9.17) is 5.73 Å². The van der Waals surface area contributed by atoms with Gasteiger partial charge in [0, 0.05) is 5.56 Å². The number of carbonyl (C=O) groups excluding carboxylic acids is 1. The molecule has 1 unspecified atom stereocenters. The van der Waals surface area contributed by atoms with Gasteiger partial charge >= 0.3 is 6.18 Å². The predicted octanol–water partition coefficient (Wildman–Crippen LogP) is 2.92. The molecule has 1 aromatic rings. The molecule has 0 aliphatic carbocycles. The van der Waals surface area contributed by atoms with Gasteiger partial charge in [0.15, 0.2) is 0 Å². The van der Waals surface area contributed by atoms with Crippen molar-refractivity contribution in [2.45, 2.75) is 25.9 Å². The summed E-state index contributed by atoms with van der Waals surface area (Å²) in [5, 5.41) is 0. The first kappa shape index (κ1) is 13.5. The lowest BCUT2D eigenvalue weighted by molar-refractivity contribution is -0.170. The van der Waals surface area contributed by atoms with E-state index in [0.29, 0.717) is 11.1 Å². The van der Waals surface area contributed by atoms with Gasteiger partial charge in [-0.25, -0.2) is 0 Å². The highest BCUT2D eigenvalue weighted by Crippen LogP contribution is 2.29. The normalized spacial score (nSPS) is 13.4. The largest absolute Gasteiger partial charge is 0.391 e. The molecule has 1 amide bonds. The molecule has 2 N–H and O–H groups in total. The second-order valence-electron chi connectivity index (χ2n) is 4.00. The highest BCUT2D eigenvalue weighted by atomic mass is 19.4. The highest BCUT2D eigenvalue weighted by Gasteiger charge is 2.35. The molecule has 1 atom stereocenters. The molecule has 1 rings (SSSR count). The Kier molecular flexibility index (Phi) is 4.15. The maximum absolute atomic E-state index is 12.3. The lowest BCUT2D eigenvalue weighted by Gasteiger charge is -2.15. The van der Waals surface area contributed by atoms with E-state index in [1.54, 1.807) is 18.2 Å². The Morgan fingerprint density at radius 3 is 2.47 bits per heavy atom. The molecule has 0 radical (unpaired) electrons. The summed E-state index contributed by atoms with van der Waals surface area (Å²) in [6.07, 6.45) is -4.05. The Labute approximate surface area is 97.6 Å². The SMILES string of the molecule is CC(CCc1ccccc1C(N)=O)C(F)(F)F. The molecule has 0 aliphatic rings. The molecule has 0 heterocycles. The summed E-state index contributed by atoms with van der Waals surface area (Å²) in [6.45, 7) is 1.13. The van der Waals surface area contributed by atoms with Gasteiger partial charge in [-0.1, -0.05) is 25.1 Å². The van der Waals surface area contributed by atoms with Crippen LogP contribution in [0.2, 0.25) is 0 Å². The summed E-state index contributed by atoms with van der Waals surface area (Å²) in [6, 6.07) is 6.47. The molecule has 0 saturated heterocycles. The first-order valence-electron chi connectivity index (χ1n) is 5.26. The number of benzene rings is 1. The molecule has 5 heteroatoms. The number of halogens is 3. The average molecular weight is 245 g/mol. The van der Waals surface area contributed by atoms with E-state index in [1.165, 1.54) is 6.07 Å². The van der Waals surface area contributed by atoms with Gasteiger partial charge in [-0.2, -0.15) is 13.2 Å². The van der Waals surface area contributed by atoms with E-state index < -0.39 is 18.0 Å². The third-order valence-corrected chi connectivity index (χ3v) is 2.69. The quantitative estimate of drug-likeness (QED) is 0.870. The fraction of sp³-hybridized carbons (Fsp3) is 0.417. The standard InChI is InChI=1S/C12H14F3NO/c1-8(12(13,14)15)6-7-9-4-2-3-5-10(9)11(16)17/h2-5,8H,6-7H2,1H3,(H2,16,17). The van der Waals surface area contributed by atoms with Crippen LogP contribution in [0.1, 0.15) is 29.3 Å². The van der Waals surface area contributed by atoms with E-state index >= 15 is 0 Å². The van der Waals surface area contributed by atoms with Gasteiger partial charge in [0.25, 0.3) is 0 Å². The fourth-order valence-electron chi connectivity index (χ4n) is 1.51. The van der Waals surface area contributed by atoms with Crippen molar-refractivity contribution in [3.63, 3.8) is 0 Å². The van der Waals surface area contributed by atoms with E-state index in [2.05, 4.69) is 0 Å². The number of aryl methyl sites for hydroxylation is 1. The number of rotatable bonds is 4.